The first-order chi connectivity index (χ1) is 37.9. The third-order valence-electron chi connectivity index (χ3n) is 19.0. The highest BCUT2D eigenvalue weighted by molar-refractivity contribution is 6.15. The number of aromatic nitrogens is 3. The second-order valence-corrected chi connectivity index (χ2v) is 24.1. The maximum atomic E-state index is 2.54. The van der Waals surface area contributed by atoms with Gasteiger partial charge in [-0.05, 0) is 169 Å². The zero-order valence-electron chi connectivity index (χ0n) is 44.7. The molecule has 0 radical (unpaired) electrons. The Bertz CT molecular complexity index is 5000. The van der Waals surface area contributed by atoms with Crippen LogP contribution < -0.4 is 0 Å². The van der Waals surface area contributed by atoms with E-state index in [1.807, 2.05) is 0 Å². The Morgan fingerprint density at radius 1 is 0.218 bits per heavy atom. The minimum absolute atomic E-state index is 0.101. The lowest BCUT2D eigenvalue weighted by molar-refractivity contribution is 0.659. The molecule has 0 N–H and O–H groups in total. The Kier molecular flexibility index (Phi) is 8.49. The molecule has 3 nitrogen and oxygen atoms in total. The van der Waals surface area contributed by atoms with Gasteiger partial charge in [0.2, 0.25) is 0 Å². The van der Waals surface area contributed by atoms with E-state index >= 15 is 0 Å². The van der Waals surface area contributed by atoms with Crippen molar-refractivity contribution in [2.24, 2.45) is 0 Å². The number of hydrogen-bond acceptors (Lipinski definition) is 0. The van der Waals surface area contributed by atoms with Gasteiger partial charge in [0.1, 0.15) is 0 Å². The Labute approximate surface area is 453 Å². The molecule has 0 saturated carbocycles. The molecule has 0 aliphatic heterocycles. The summed E-state index contributed by atoms with van der Waals surface area (Å²) in [4.78, 5) is 0. The van der Waals surface area contributed by atoms with Crippen LogP contribution in [0.15, 0.2) is 224 Å². The van der Waals surface area contributed by atoms with Gasteiger partial charge in [0.05, 0.1) is 33.1 Å². The molecule has 370 valence electrons. The molecule has 78 heavy (non-hydrogen) atoms. The van der Waals surface area contributed by atoms with Gasteiger partial charge >= 0.3 is 0 Å². The molecule has 0 amide bonds. The topological polar surface area (TPSA) is 14.8 Å². The van der Waals surface area contributed by atoms with Gasteiger partial charge in [-0.2, -0.15) is 0 Å². The van der Waals surface area contributed by atoms with Crippen LogP contribution in [-0.4, -0.2) is 13.7 Å². The van der Waals surface area contributed by atoms with Crippen molar-refractivity contribution in [2.45, 2.75) is 57.8 Å². The molecule has 3 aliphatic rings. The summed E-state index contributed by atoms with van der Waals surface area (Å²) in [6.45, 7) is 14.3. The molecule has 0 unspecified atom stereocenters. The summed E-state index contributed by atoms with van der Waals surface area (Å²) in [7, 11) is 0. The molecule has 0 spiro atoms. The summed E-state index contributed by atoms with van der Waals surface area (Å²) >= 11 is 0. The smallest absolute Gasteiger partial charge is 0.0544 e. The molecular formula is C75H55N3. The van der Waals surface area contributed by atoms with Crippen LogP contribution in [0.5, 0.6) is 0 Å². The predicted molar refractivity (Wildman–Crippen MR) is 328 cm³/mol. The third kappa shape index (κ3) is 5.63. The Balaban J connectivity index is 0.828. The third-order valence-corrected chi connectivity index (χ3v) is 19.0. The molecule has 0 atom stereocenters. The van der Waals surface area contributed by atoms with Gasteiger partial charge in [0.15, 0.2) is 0 Å². The van der Waals surface area contributed by atoms with Crippen LogP contribution in [0.1, 0.15) is 74.9 Å². The number of rotatable bonds is 4. The number of fused-ring (bicyclic) bond motifs is 18. The van der Waals surface area contributed by atoms with Crippen LogP contribution in [-0.2, 0) is 16.2 Å². The summed E-state index contributed by atoms with van der Waals surface area (Å²) in [6, 6.07) is 85.4. The number of hydrogen-bond donors (Lipinski definition) is 0. The van der Waals surface area contributed by atoms with E-state index in [1.165, 1.54) is 149 Å². The second kappa shape index (κ2) is 15.1. The highest BCUT2D eigenvalue weighted by Gasteiger charge is 2.39. The molecule has 3 heterocycles. The fourth-order valence-corrected chi connectivity index (χ4v) is 15.1. The van der Waals surface area contributed by atoms with Crippen LogP contribution >= 0.6 is 0 Å². The zero-order chi connectivity index (χ0) is 52.1. The molecule has 0 bridgehead atoms. The lowest BCUT2D eigenvalue weighted by Crippen LogP contribution is -2.15. The first-order valence-corrected chi connectivity index (χ1v) is 27.7. The highest BCUT2D eigenvalue weighted by Crippen LogP contribution is 2.54. The van der Waals surface area contributed by atoms with Crippen molar-refractivity contribution in [2.75, 3.05) is 0 Å². The van der Waals surface area contributed by atoms with E-state index in [2.05, 4.69) is 280 Å². The molecule has 11 aromatic carbocycles. The number of benzene rings is 11. The van der Waals surface area contributed by atoms with Crippen molar-refractivity contribution in [1.29, 1.82) is 0 Å². The lowest BCUT2D eigenvalue weighted by Gasteiger charge is -2.23. The molecular weight excluding hydrogens is 943 g/mol. The summed E-state index contributed by atoms with van der Waals surface area (Å²) < 4.78 is 7.51. The summed E-state index contributed by atoms with van der Waals surface area (Å²) in [6.07, 6.45) is 0. The van der Waals surface area contributed by atoms with Gasteiger partial charge in [-0.25, -0.2) is 0 Å². The first-order valence-electron chi connectivity index (χ1n) is 27.7. The van der Waals surface area contributed by atoms with Gasteiger partial charge in [-0.15, -0.1) is 0 Å². The van der Waals surface area contributed by atoms with Crippen molar-refractivity contribution in [1.82, 2.24) is 13.7 Å². The van der Waals surface area contributed by atoms with E-state index in [9.17, 15) is 0 Å². The van der Waals surface area contributed by atoms with Crippen LogP contribution in [0.25, 0.3) is 127 Å². The largest absolute Gasteiger partial charge is 0.309 e. The quantitative estimate of drug-likeness (QED) is 0.167. The Morgan fingerprint density at radius 2 is 0.603 bits per heavy atom. The number of para-hydroxylation sites is 2. The fraction of sp³-hybridized carbons (Fsp3) is 0.120. The van der Waals surface area contributed by atoms with Gasteiger partial charge in [0, 0.05) is 65.6 Å². The fourth-order valence-electron chi connectivity index (χ4n) is 15.1. The van der Waals surface area contributed by atoms with E-state index in [-0.39, 0.29) is 16.2 Å². The van der Waals surface area contributed by atoms with E-state index in [1.54, 1.807) is 0 Å². The van der Waals surface area contributed by atoms with Crippen LogP contribution in [0.3, 0.4) is 0 Å². The average molecular weight is 998 g/mol. The molecule has 14 aromatic rings. The molecule has 3 aromatic heterocycles. The van der Waals surface area contributed by atoms with Crippen molar-refractivity contribution < 1.29 is 0 Å². The SMILES string of the molecule is CC1(C)c2ccccc2-c2ccc(-n3c4ccc(-c5cccc(-n6c7ccccc7c7cc(-n8c9ccccc9c9cc%10c(cc98)C(C)(C)c8ccccc8-%10)ccc76)c5)cc4c4cc5c(cc43)C(C)(C)c3ccccc3-5)cc21. The molecule has 3 heteroatoms. The number of nitrogens with zero attached hydrogens (tertiary/aromatic N) is 3. The maximum absolute atomic E-state index is 2.54. The van der Waals surface area contributed by atoms with E-state index < -0.39 is 0 Å². The summed E-state index contributed by atoms with van der Waals surface area (Å²) in [5.41, 5.74) is 29.2. The molecule has 0 saturated heterocycles. The van der Waals surface area contributed by atoms with Crippen LogP contribution in [0.4, 0.5) is 0 Å². The zero-order valence-corrected chi connectivity index (χ0v) is 44.7. The van der Waals surface area contributed by atoms with Crippen LogP contribution in [0.2, 0.25) is 0 Å². The van der Waals surface area contributed by atoms with Crippen molar-refractivity contribution in [3.05, 3.63) is 258 Å². The molecule has 17 rings (SSSR count). The van der Waals surface area contributed by atoms with Crippen molar-refractivity contribution in [3.63, 3.8) is 0 Å². The standard InChI is InChI=1S/C75H55N3/c1-73(2)61-25-12-7-20-49(61)52-33-31-48(39-64(52)73)78-69-34-30-45(37-57(69)60-41-56-51-22-9-14-27-63(51)75(5,6)66(56)43-72(60)78)44-18-17-19-46(36-44)76-67-28-15-10-23-53(67)58-38-47(32-35-70(58)76)77-68-29-16-11-24-54(68)59-40-55-50-21-8-13-26-62(50)74(3,4)65(55)42-71(59)77/h7-43H,1-6H3. The van der Waals surface area contributed by atoms with Gasteiger partial charge in [-0.3, -0.25) is 0 Å². The van der Waals surface area contributed by atoms with Crippen molar-refractivity contribution in [3.8, 4) is 61.6 Å². The van der Waals surface area contributed by atoms with E-state index in [0.29, 0.717) is 0 Å². The van der Waals surface area contributed by atoms with Gasteiger partial charge in [0.25, 0.3) is 0 Å². The van der Waals surface area contributed by atoms with Crippen LogP contribution in [0, 0.1) is 0 Å². The lowest BCUT2D eigenvalue weighted by atomic mass is 9.82. The second-order valence-electron chi connectivity index (χ2n) is 24.1. The molecule has 3 aliphatic carbocycles. The summed E-state index contributed by atoms with van der Waals surface area (Å²) in [5, 5.41) is 7.57. The normalized spacial score (nSPS) is 15.1. The maximum Gasteiger partial charge on any atom is 0.0544 e. The minimum atomic E-state index is -0.126. The molecule has 0 fully saturated rings. The average Bonchev–Trinajstić information content (AvgIpc) is 4.44. The first kappa shape index (κ1) is 44.0. The highest BCUT2D eigenvalue weighted by atomic mass is 15.0. The van der Waals surface area contributed by atoms with Crippen molar-refractivity contribution >= 4 is 65.4 Å². The Morgan fingerprint density at radius 3 is 1.19 bits per heavy atom. The van der Waals surface area contributed by atoms with Gasteiger partial charge in [-0.1, -0.05) is 175 Å². The summed E-state index contributed by atoms with van der Waals surface area (Å²) in [5.74, 6) is 0. The monoisotopic (exact) mass is 997 g/mol. The van der Waals surface area contributed by atoms with E-state index in [0.717, 1.165) is 11.4 Å². The van der Waals surface area contributed by atoms with E-state index in [4.69, 9.17) is 0 Å². The minimum Gasteiger partial charge on any atom is -0.309 e. The predicted octanol–water partition coefficient (Wildman–Crippen LogP) is 19.6. The van der Waals surface area contributed by atoms with Gasteiger partial charge < -0.3 is 13.7 Å². The Hall–Kier alpha value is -9.18.